The Morgan fingerprint density at radius 1 is 1.18 bits per heavy atom. The number of pyridine rings is 1. The van der Waals surface area contributed by atoms with Gasteiger partial charge in [0.2, 0.25) is 5.56 Å². The summed E-state index contributed by atoms with van der Waals surface area (Å²) >= 11 is 3.45. The van der Waals surface area contributed by atoms with E-state index in [0.717, 1.165) is 21.2 Å². The maximum atomic E-state index is 13.6. The average molecular weight is 443 g/mol. The fourth-order valence-electron chi connectivity index (χ4n) is 3.31. The Morgan fingerprint density at radius 2 is 1.89 bits per heavy atom. The molecule has 0 fully saturated rings. The van der Waals surface area contributed by atoms with Gasteiger partial charge in [-0.2, -0.15) is 0 Å². The van der Waals surface area contributed by atoms with Gasteiger partial charge in [-0.1, -0.05) is 39.3 Å². The van der Waals surface area contributed by atoms with Gasteiger partial charge in [-0.25, -0.2) is 4.39 Å². The Bertz CT molecular complexity index is 1070. The summed E-state index contributed by atoms with van der Waals surface area (Å²) in [6, 6.07) is 15.7. The van der Waals surface area contributed by atoms with Gasteiger partial charge in [0.1, 0.15) is 5.82 Å². The number of rotatable bonds is 5. The van der Waals surface area contributed by atoms with E-state index in [4.69, 9.17) is 0 Å². The van der Waals surface area contributed by atoms with Crippen molar-refractivity contribution in [3.8, 4) is 0 Å². The molecule has 1 atom stereocenters. The van der Waals surface area contributed by atoms with Crippen LogP contribution in [0.5, 0.6) is 0 Å². The van der Waals surface area contributed by atoms with Gasteiger partial charge < -0.3 is 9.77 Å². The summed E-state index contributed by atoms with van der Waals surface area (Å²) in [5, 5.41) is 13.2. The van der Waals surface area contributed by atoms with Crippen molar-refractivity contribution in [1.82, 2.24) is 4.57 Å². The highest BCUT2D eigenvalue weighted by atomic mass is 79.9. The van der Waals surface area contributed by atoms with Crippen molar-refractivity contribution in [3.63, 3.8) is 0 Å². The number of halogens is 2. The highest BCUT2D eigenvalue weighted by Crippen LogP contribution is 2.33. The topological polar surface area (TPSA) is 54.6 Å². The number of benzene rings is 2. The smallest absolute Gasteiger partial charge is 0.250 e. The van der Waals surface area contributed by atoms with Gasteiger partial charge in [0.25, 0.3) is 0 Å². The van der Waals surface area contributed by atoms with Gasteiger partial charge >= 0.3 is 0 Å². The summed E-state index contributed by atoms with van der Waals surface area (Å²) in [5.41, 5.74) is 3.77. The Morgan fingerprint density at radius 3 is 2.50 bits per heavy atom. The van der Waals surface area contributed by atoms with E-state index in [9.17, 15) is 14.4 Å². The van der Waals surface area contributed by atoms with Gasteiger partial charge in [0.05, 0.1) is 5.71 Å². The number of hydrogen-bond donors (Lipinski definition) is 1. The molecule has 0 aliphatic carbocycles. The van der Waals surface area contributed by atoms with Crippen LogP contribution in [-0.4, -0.2) is 15.5 Å². The van der Waals surface area contributed by atoms with E-state index < -0.39 is 0 Å². The van der Waals surface area contributed by atoms with Crippen molar-refractivity contribution in [3.05, 3.63) is 104 Å². The lowest BCUT2D eigenvalue weighted by Crippen LogP contribution is -2.18. The SMILES string of the molecule is Cc1cc(F)ccc1[C@@H](C/C(=N\O)c1ccc(=O)n(C)c1)c1ccc(Br)cc1. The van der Waals surface area contributed by atoms with Crippen molar-refractivity contribution in [1.29, 1.82) is 0 Å². The summed E-state index contributed by atoms with van der Waals surface area (Å²) in [5.74, 6) is -0.429. The van der Waals surface area contributed by atoms with E-state index in [2.05, 4.69) is 21.1 Å². The number of oxime groups is 1. The zero-order valence-corrected chi connectivity index (χ0v) is 17.1. The largest absolute Gasteiger partial charge is 0.411 e. The molecule has 2 aromatic carbocycles. The Hall–Kier alpha value is -2.73. The fourth-order valence-corrected chi connectivity index (χ4v) is 3.57. The summed E-state index contributed by atoms with van der Waals surface area (Å²) in [6.45, 7) is 1.87. The first-order chi connectivity index (χ1) is 13.4. The zero-order chi connectivity index (χ0) is 20.3. The highest BCUT2D eigenvalue weighted by Gasteiger charge is 2.21. The molecule has 0 amide bonds. The van der Waals surface area contributed by atoms with Crippen LogP contribution in [0.3, 0.4) is 0 Å². The molecule has 0 aliphatic heterocycles. The molecule has 0 bridgehead atoms. The predicted octanol–water partition coefficient (Wildman–Crippen LogP) is 5.00. The molecule has 0 unspecified atom stereocenters. The maximum absolute atomic E-state index is 13.6. The van der Waals surface area contributed by atoms with Gasteiger partial charge in [0, 0.05) is 41.7 Å². The molecule has 0 spiro atoms. The second-order valence-electron chi connectivity index (χ2n) is 6.72. The van der Waals surface area contributed by atoms with Crippen LogP contribution in [0, 0.1) is 12.7 Å². The number of hydrogen-bond acceptors (Lipinski definition) is 3. The summed E-state index contributed by atoms with van der Waals surface area (Å²) < 4.78 is 16.0. The third kappa shape index (κ3) is 4.39. The second-order valence-corrected chi connectivity index (χ2v) is 7.64. The van der Waals surface area contributed by atoms with E-state index in [1.807, 2.05) is 31.2 Å². The molecule has 1 heterocycles. The molecule has 3 aromatic rings. The first kappa shape index (κ1) is 20.0. The standard InChI is InChI=1S/C22H20BrFN2O2/c1-14-11-18(24)8-9-19(14)20(15-3-6-17(23)7-4-15)12-21(25-28)16-5-10-22(27)26(2)13-16/h3-11,13,20,28H,12H2,1-2H3/b25-21+/t20-/m0/s1. The van der Waals surface area contributed by atoms with Gasteiger partial charge in [0.15, 0.2) is 0 Å². The number of aromatic nitrogens is 1. The Labute approximate surface area is 171 Å². The molecule has 144 valence electrons. The van der Waals surface area contributed by atoms with Crippen LogP contribution in [0.15, 0.2) is 75.2 Å². The van der Waals surface area contributed by atoms with Crippen LogP contribution in [0.4, 0.5) is 4.39 Å². The van der Waals surface area contributed by atoms with E-state index in [-0.39, 0.29) is 17.3 Å². The Balaban J connectivity index is 2.06. The summed E-state index contributed by atoms with van der Waals surface area (Å²) in [4.78, 5) is 11.7. The molecular formula is C22H20BrFN2O2. The third-order valence-electron chi connectivity index (χ3n) is 4.82. The molecule has 6 heteroatoms. The van der Waals surface area contributed by atoms with Crippen LogP contribution < -0.4 is 5.56 Å². The lowest BCUT2D eigenvalue weighted by molar-refractivity contribution is 0.317. The van der Waals surface area contributed by atoms with Crippen LogP contribution in [0.1, 0.15) is 34.6 Å². The summed E-state index contributed by atoms with van der Waals surface area (Å²) in [6.07, 6.45) is 2.04. The van der Waals surface area contributed by atoms with Crippen LogP contribution in [-0.2, 0) is 7.05 Å². The van der Waals surface area contributed by atoms with Crippen molar-refractivity contribution < 1.29 is 9.60 Å². The highest BCUT2D eigenvalue weighted by molar-refractivity contribution is 9.10. The minimum Gasteiger partial charge on any atom is -0.411 e. The van der Waals surface area contributed by atoms with Crippen LogP contribution in [0.2, 0.25) is 0 Å². The first-order valence-electron chi connectivity index (χ1n) is 8.78. The van der Waals surface area contributed by atoms with Crippen LogP contribution >= 0.6 is 15.9 Å². The van der Waals surface area contributed by atoms with E-state index in [1.165, 1.54) is 22.8 Å². The minimum absolute atomic E-state index is 0.139. The fraction of sp³-hybridized carbons (Fsp3) is 0.182. The molecule has 28 heavy (non-hydrogen) atoms. The molecule has 0 radical (unpaired) electrons. The van der Waals surface area contributed by atoms with Gasteiger partial charge in [-0.05, 0) is 53.9 Å². The van der Waals surface area contributed by atoms with E-state index in [1.54, 1.807) is 25.4 Å². The van der Waals surface area contributed by atoms with Crippen molar-refractivity contribution in [2.75, 3.05) is 0 Å². The first-order valence-corrected chi connectivity index (χ1v) is 9.58. The number of nitrogens with zero attached hydrogens (tertiary/aromatic N) is 2. The normalized spacial score (nSPS) is 12.8. The van der Waals surface area contributed by atoms with Crippen molar-refractivity contribution in [2.24, 2.45) is 12.2 Å². The second kappa shape index (κ2) is 8.52. The molecule has 1 N–H and O–H groups in total. The molecular weight excluding hydrogens is 423 g/mol. The lowest BCUT2D eigenvalue weighted by Gasteiger charge is -2.21. The minimum atomic E-state index is -0.287. The van der Waals surface area contributed by atoms with Crippen molar-refractivity contribution in [2.45, 2.75) is 19.3 Å². The zero-order valence-electron chi connectivity index (χ0n) is 15.6. The lowest BCUT2D eigenvalue weighted by atomic mass is 9.83. The third-order valence-corrected chi connectivity index (χ3v) is 5.35. The molecule has 0 aliphatic rings. The maximum Gasteiger partial charge on any atom is 0.250 e. The molecule has 0 saturated carbocycles. The van der Waals surface area contributed by atoms with E-state index in [0.29, 0.717) is 17.7 Å². The quantitative estimate of drug-likeness (QED) is 0.343. The van der Waals surface area contributed by atoms with Gasteiger partial charge in [-0.15, -0.1) is 0 Å². The number of aryl methyl sites for hydroxylation is 2. The summed E-state index contributed by atoms with van der Waals surface area (Å²) in [7, 11) is 1.65. The van der Waals surface area contributed by atoms with Crippen LogP contribution in [0.25, 0.3) is 0 Å². The molecule has 3 rings (SSSR count). The molecule has 1 aromatic heterocycles. The van der Waals surface area contributed by atoms with Gasteiger partial charge in [-0.3, -0.25) is 4.79 Å². The van der Waals surface area contributed by atoms with E-state index >= 15 is 0 Å². The Kier molecular flexibility index (Phi) is 6.09. The van der Waals surface area contributed by atoms with Crippen molar-refractivity contribution >= 4 is 21.6 Å². The molecule has 0 saturated heterocycles. The predicted molar refractivity (Wildman–Crippen MR) is 112 cm³/mol. The average Bonchev–Trinajstić information content (AvgIpc) is 2.67. The molecule has 4 nitrogen and oxygen atoms in total. The monoisotopic (exact) mass is 442 g/mol.